The van der Waals surface area contributed by atoms with Crippen LogP contribution in [0.5, 0.6) is 0 Å². The van der Waals surface area contributed by atoms with E-state index in [1.165, 1.54) is 19.3 Å². The zero-order valence-electron chi connectivity index (χ0n) is 13.5. The molecule has 1 amide bonds. The molecule has 1 saturated heterocycles. The van der Waals surface area contributed by atoms with E-state index < -0.39 is 0 Å². The lowest BCUT2D eigenvalue weighted by Crippen LogP contribution is -2.51. The average Bonchev–Trinajstić information content (AvgIpc) is 3.27. The van der Waals surface area contributed by atoms with Crippen molar-refractivity contribution in [2.24, 2.45) is 4.99 Å². The summed E-state index contributed by atoms with van der Waals surface area (Å²) in [5.41, 5.74) is 0.633. The number of hydrogen-bond donors (Lipinski definition) is 1. The van der Waals surface area contributed by atoms with Gasteiger partial charge in [-0.3, -0.25) is 19.5 Å². The zero-order chi connectivity index (χ0) is 15.6. The average molecular weight is 314 g/mol. The summed E-state index contributed by atoms with van der Waals surface area (Å²) < 4.78 is 0. The van der Waals surface area contributed by atoms with Gasteiger partial charge in [0.15, 0.2) is 5.82 Å². The number of H-pyrrole nitrogens is 1. The van der Waals surface area contributed by atoms with Crippen LogP contribution in [0.3, 0.4) is 0 Å². The van der Waals surface area contributed by atoms with E-state index in [9.17, 15) is 4.79 Å². The fourth-order valence-electron chi connectivity index (χ4n) is 4.45. The molecule has 3 aliphatic heterocycles. The van der Waals surface area contributed by atoms with Crippen molar-refractivity contribution in [2.45, 2.75) is 50.7 Å². The molecule has 7 nitrogen and oxygen atoms in total. The lowest BCUT2D eigenvalue weighted by molar-refractivity contribution is 0.0859. The van der Waals surface area contributed by atoms with Crippen LogP contribution in [0.25, 0.3) is 0 Å². The number of rotatable bonds is 2. The summed E-state index contributed by atoms with van der Waals surface area (Å²) in [6, 6.07) is 0.701. The molecule has 2 atom stereocenters. The van der Waals surface area contributed by atoms with Crippen LogP contribution in [-0.4, -0.2) is 63.9 Å². The van der Waals surface area contributed by atoms with Crippen molar-refractivity contribution in [3.8, 4) is 0 Å². The van der Waals surface area contributed by atoms with Gasteiger partial charge in [-0.1, -0.05) is 0 Å². The van der Waals surface area contributed by atoms with Gasteiger partial charge in [0.1, 0.15) is 11.5 Å². The number of nitrogens with zero attached hydrogens (tertiary/aromatic N) is 5. The number of fused-ring (bicyclic) bond motifs is 5. The first kappa shape index (κ1) is 13.5. The molecule has 1 N–H and O–H groups in total. The highest BCUT2D eigenvalue weighted by Crippen LogP contribution is 2.39. The van der Waals surface area contributed by atoms with Gasteiger partial charge in [-0.2, -0.15) is 0 Å². The summed E-state index contributed by atoms with van der Waals surface area (Å²) in [5.74, 6) is 2.48. The Bertz CT molecular complexity index is 689. The minimum absolute atomic E-state index is 0.0184. The van der Waals surface area contributed by atoms with Crippen LogP contribution in [0.2, 0.25) is 0 Å². The smallest absolute Gasteiger partial charge is 0.280 e. The lowest BCUT2D eigenvalue weighted by Gasteiger charge is -2.33. The molecule has 1 saturated carbocycles. The van der Waals surface area contributed by atoms with Gasteiger partial charge in [-0.05, 0) is 45.2 Å². The molecule has 1 aromatic heterocycles. The first-order valence-electron chi connectivity index (χ1n) is 8.69. The number of imidazole rings is 1. The molecule has 23 heavy (non-hydrogen) atoms. The third kappa shape index (κ3) is 1.89. The first-order valence-corrected chi connectivity index (χ1v) is 8.69. The number of anilines is 1. The minimum atomic E-state index is -0.0184. The SMILES string of the molecule is CN1C(=O)c2[nH]c(CN3CCCC3)nc2N2C1=N[C@@H]1CCC[C@@H]12. The second-order valence-corrected chi connectivity index (χ2v) is 7.09. The predicted molar refractivity (Wildman–Crippen MR) is 86.5 cm³/mol. The number of likely N-dealkylation sites (tertiary alicyclic amines) is 1. The molecule has 0 unspecified atom stereocenters. The maximum absolute atomic E-state index is 12.7. The number of nitrogens with one attached hydrogen (secondary N) is 1. The van der Waals surface area contributed by atoms with E-state index in [-0.39, 0.29) is 5.91 Å². The van der Waals surface area contributed by atoms with Gasteiger partial charge >= 0.3 is 0 Å². The Morgan fingerprint density at radius 2 is 2.04 bits per heavy atom. The molecule has 4 heterocycles. The maximum atomic E-state index is 12.7. The number of aliphatic imine (C=N–C) groups is 1. The Labute approximate surface area is 135 Å². The normalized spacial score (nSPS) is 29.8. The van der Waals surface area contributed by atoms with E-state index in [0.29, 0.717) is 17.8 Å². The molecule has 122 valence electrons. The summed E-state index contributed by atoms with van der Waals surface area (Å²) in [5, 5.41) is 0. The quantitative estimate of drug-likeness (QED) is 0.890. The first-order chi connectivity index (χ1) is 11.2. The van der Waals surface area contributed by atoms with Crippen molar-refractivity contribution in [3.05, 3.63) is 11.5 Å². The summed E-state index contributed by atoms with van der Waals surface area (Å²) in [4.78, 5) is 31.8. The van der Waals surface area contributed by atoms with Gasteiger partial charge in [0.2, 0.25) is 5.96 Å². The van der Waals surface area contributed by atoms with Crippen LogP contribution in [0.15, 0.2) is 4.99 Å². The molecular formula is C16H22N6O. The summed E-state index contributed by atoms with van der Waals surface area (Å²) in [6.45, 7) is 3.05. The molecule has 0 spiro atoms. The monoisotopic (exact) mass is 314 g/mol. The number of guanidine groups is 1. The standard InChI is InChI=1S/C16H22N6O/c1-20-15(23)13-14(19-12(18-13)9-21-7-2-3-8-21)22-11-6-4-5-10(11)17-16(20)22/h10-11H,2-9H2,1H3,(H,18,19)/t10-,11+/m1/s1. The molecule has 5 rings (SSSR count). The molecule has 0 radical (unpaired) electrons. The minimum Gasteiger partial charge on any atom is -0.335 e. The number of carbonyl (C=O) groups is 1. The van der Waals surface area contributed by atoms with Crippen molar-refractivity contribution in [3.63, 3.8) is 0 Å². The predicted octanol–water partition coefficient (Wildman–Crippen LogP) is 1.19. The molecule has 1 aliphatic carbocycles. The third-order valence-corrected chi connectivity index (χ3v) is 5.62. The summed E-state index contributed by atoms with van der Waals surface area (Å²) >= 11 is 0. The molecule has 7 heteroatoms. The Morgan fingerprint density at radius 3 is 2.87 bits per heavy atom. The van der Waals surface area contributed by atoms with Crippen LogP contribution in [-0.2, 0) is 6.54 Å². The second kappa shape index (κ2) is 4.80. The molecule has 1 aromatic rings. The van der Waals surface area contributed by atoms with Crippen LogP contribution in [0, 0.1) is 0 Å². The summed E-state index contributed by atoms with van der Waals surface area (Å²) in [6.07, 6.45) is 5.98. The third-order valence-electron chi connectivity index (χ3n) is 5.62. The van der Waals surface area contributed by atoms with Gasteiger partial charge in [0, 0.05) is 7.05 Å². The second-order valence-electron chi connectivity index (χ2n) is 7.09. The number of hydrogen-bond acceptors (Lipinski definition) is 5. The Balaban J connectivity index is 1.53. The van der Waals surface area contributed by atoms with Crippen LogP contribution < -0.4 is 4.90 Å². The van der Waals surface area contributed by atoms with Gasteiger partial charge < -0.3 is 4.98 Å². The van der Waals surface area contributed by atoms with E-state index in [0.717, 1.165) is 50.1 Å². The number of aromatic nitrogens is 2. The van der Waals surface area contributed by atoms with Gasteiger partial charge in [0.05, 0.1) is 18.6 Å². The fraction of sp³-hybridized carbons (Fsp3) is 0.688. The van der Waals surface area contributed by atoms with Gasteiger partial charge in [0.25, 0.3) is 5.91 Å². The van der Waals surface area contributed by atoms with E-state index in [2.05, 4.69) is 14.8 Å². The zero-order valence-corrected chi connectivity index (χ0v) is 13.5. The van der Waals surface area contributed by atoms with Crippen molar-refractivity contribution in [1.82, 2.24) is 19.8 Å². The van der Waals surface area contributed by atoms with Crippen LogP contribution in [0.4, 0.5) is 5.82 Å². The van der Waals surface area contributed by atoms with E-state index in [1.807, 2.05) is 7.05 Å². The lowest BCUT2D eigenvalue weighted by atomic mass is 10.1. The van der Waals surface area contributed by atoms with E-state index in [4.69, 9.17) is 9.98 Å². The Morgan fingerprint density at radius 1 is 1.22 bits per heavy atom. The van der Waals surface area contributed by atoms with E-state index >= 15 is 0 Å². The number of aromatic amines is 1. The highest BCUT2D eigenvalue weighted by Gasteiger charge is 2.48. The van der Waals surface area contributed by atoms with Gasteiger partial charge in [-0.15, -0.1) is 0 Å². The molecular weight excluding hydrogens is 292 g/mol. The largest absolute Gasteiger partial charge is 0.335 e. The highest BCUT2D eigenvalue weighted by molar-refractivity contribution is 6.18. The van der Waals surface area contributed by atoms with Crippen molar-refractivity contribution < 1.29 is 4.79 Å². The Hall–Kier alpha value is -1.89. The topological polar surface area (TPSA) is 67.8 Å². The molecule has 0 aromatic carbocycles. The van der Waals surface area contributed by atoms with Gasteiger partial charge in [-0.25, -0.2) is 9.98 Å². The molecule has 4 aliphatic rings. The van der Waals surface area contributed by atoms with Crippen molar-refractivity contribution in [1.29, 1.82) is 0 Å². The number of carbonyl (C=O) groups excluding carboxylic acids is 1. The highest BCUT2D eigenvalue weighted by atomic mass is 16.2. The Kier molecular flexibility index (Phi) is 2.83. The van der Waals surface area contributed by atoms with Crippen molar-refractivity contribution >= 4 is 17.7 Å². The van der Waals surface area contributed by atoms with Crippen LogP contribution in [0.1, 0.15) is 48.4 Å². The fourth-order valence-corrected chi connectivity index (χ4v) is 4.45. The van der Waals surface area contributed by atoms with Crippen LogP contribution >= 0.6 is 0 Å². The maximum Gasteiger partial charge on any atom is 0.280 e. The molecule has 2 fully saturated rings. The van der Waals surface area contributed by atoms with Crippen molar-refractivity contribution in [2.75, 3.05) is 25.0 Å². The summed E-state index contributed by atoms with van der Waals surface area (Å²) in [7, 11) is 1.82. The number of amides is 1. The van der Waals surface area contributed by atoms with E-state index in [1.54, 1.807) is 4.90 Å². The molecule has 0 bridgehead atoms.